The summed E-state index contributed by atoms with van der Waals surface area (Å²) in [6.07, 6.45) is -2.04. The third-order valence-corrected chi connectivity index (χ3v) is 4.23. The van der Waals surface area contributed by atoms with Gasteiger partial charge < -0.3 is 19.9 Å². The molecule has 1 fully saturated rings. The highest BCUT2D eigenvalue weighted by Crippen LogP contribution is 2.37. The number of Topliss-reactive ketones (excluding diaryl/α,β-unsaturated/α-hetero) is 1. The van der Waals surface area contributed by atoms with Crippen molar-refractivity contribution in [2.45, 2.75) is 19.1 Å². The molecular formula is C16H19N3O6. The number of anilines is 2. The number of rotatable bonds is 3. The van der Waals surface area contributed by atoms with Gasteiger partial charge in [-0.15, -0.1) is 0 Å². The number of hydrogen-bond acceptors (Lipinski definition) is 7. The number of carbonyl (C=O) groups excluding carboxylic acids is 3. The Kier molecular flexibility index (Phi) is 4.49. The minimum Gasteiger partial charge on any atom is -0.489 e. The molecule has 2 atom stereocenters. The van der Waals surface area contributed by atoms with Gasteiger partial charge >= 0.3 is 12.2 Å². The number of amides is 2. The molecule has 0 aromatic heterocycles. The zero-order chi connectivity index (χ0) is 18.1. The summed E-state index contributed by atoms with van der Waals surface area (Å²) in [6.45, 7) is 2.09. The summed E-state index contributed by atoms with van der Waals surface area (Å²) in [5.41, 5.74) is 6.77. The van der Waals surface area contributed by atoms with Crippen molar-refractivity contribution in [3.8, 4) is 5.75 Å². The fraction of sp³-hybridized carbons (Fsp3) is 0.438. The zero-order valence-corrected chi connectivity index (χ0v) is 13.9. The van der Waals surface area contributed by atoms with E-state index in [9.17, 15) is 14.4 Å². The summed E-state index contributed by atoms with van der Waals surface area (Å²) in [5, 5.41) is 0. The van der Waals surface area contributed by atoms with Gasteiger partial charge in [0, 0.05) is 12.6 Å². The molecule has 2 amide bonds. The molecule has 0 spiro atoms. The van der Waals surface area contributed by atoms with E-state index in [1.807, 2.05) is 0 Å². The first-order valence-electron chi connectivity index (χ1n) is 7.80. The van der Waals surface area contributed by atoms with Crippen LogP contribution in [0.3, 0.4) is 0 Å². The number of ether oxygens (including phenoxy) is 3. The van der Waals surface area contributed by atoms with E-state index in [0.29, 0.717) is 30.3 Å². The van der Waals surface area contributed by atoms with Gasteiger partial charge in [-0.3, -0.25) is 14.6 Å². The van der Waals surface area contributed by atoms with Crippen LogP contribution >= 0.6 is 0 Å². The molecule has 0 bridgehead atoms. The van der Waals surface area contributed by atoms with E-state index in [4.69, 9.17) is 19.9 Å². The van der Waals surface area contributed by atoms with Gasteiger partial charge in [-0.05, 0) is 19.1 Å². The molecule has 9 heteroatoms. The van der Waals surface area contributed by atoms with Crippen molar-refractivity contribution in [2.75, 3.05) is 36.6 Å². The first-order valence-corrected chi connectivity index (χ1v) is 7.80. The van der Waals surface area contributed by atoms with Gasteiger partial charge in [0.2, 0.25) is 0 Å². The Labute approximate surface area is 144 Å². The minimum atomic E-state index is -0.902. The Hall–Kier alpha value is -2.81. The van der Waals surface area contributed by atoms with Crippen molar-refractivity contribution in [2.24, 2.45) is 5.73 Å². The highest BCUT2D eigenvalue weighted by molar-refractivity contribution is 5.98. The smallest absolute Gasteiger partial charge is 0.415 e. The third-order valence-electron chi connectivity index (χ3n) is 4.23. The lowest BCUT2D eigenvalue weighted by molar-refractivity contribution is -0.124. The van der Waals surface area contributed by atoms with E-state index < -0.39 is 24.3 Å². The number of ketones is 1. The van der Waals surface area contributed by atoms with E-state index in [-0.39, 0.29) is 12.3 Å². The maximum Gasteiger partial charge on any atom is 0.415 e. The lowest BCUT2D eigenvalue weighted by Crippen LogP contribution is -2.44. The highest BCUT2D eigenvalue weighted by Gasteiger charge is 2.44. The summed E-state index contributed by atoms with van der Waals surface area (Å²) in [6, 6.07) is 4.33. The van der Waals surface area contributed by atoms with Crippen LogP contribution in [0.25, 0.3) is 0 Å². The summed E-state index contributed by atoms with van der Waals surface area (Å²) in [7, 11) is 1.31. The van der Waals surface area contributed by atoms with Gasteiger partial charge in [0.25, 0.3) is 0 Å². The topological polar surface area (TPSA) is 111 Å². The number of benzene rings is 1. The van der Waals surface area contributed by atoms with Crippen molar-refractivity contribution >= 4 is 29.3 Å². The van der Waals surface area contributed by atoms with E-state index in [0.717, 1.165) is 0 Å². The van der Waals surface area contributed by atoms with Crippen LogP contribution in [-0.2, 0) is 14.3 Å². The normalized spacial score (nSPS) is 22.1. The number of hydrogen-bond donors (Lipinski definition) is 1. The molecule has 1 aromatic rings. The summed E-state index contributed by atoms with van der Waals surface area (Å²) in [5.74, 6) is 0.168. The number of carbonyl (C=O) groups is 3. The Morgan fingerprint density at radius 3 is 2.80 bits per heavy atom. The first kappa shape index (κ1) is 17.0. The molecule has 2 heterocycles. The lowest BCUT2D eigenvalue weighted by Gasteiger charge is -2.30. The monoisotopic (exact) mass is 349 g/mol. The Balaban J connectivity index is 1.95. The van der Waals surface area contributed by atoms with Crippen molar-refractivity contribution in [1.29, 1.82) is 0 Å². The Bertz CT molecular complexity index is 722. The quantitative estimate of drug-likeness (QED) is 0.862. The first-order chi connectivity index (χ1) is 12.0. The Morgan fingerprint density at radius 1 is 1.40 bits per heavy atom. The van der Waals surface area contributed by atoms with Gasteiger partial charge in [-0.25, -0.2) is 9.59 Å². The van der Waals surface area contributed by atoms with Gasteiger partial charge in [-0.2, -0.15) is 0 Å². The molecule has 9 nitrogen and oxygen atoms in total. The van der Waals surface area contributed by atoms with Gasteiger partial charge in [0.15, 0.2) is 11.9 Å². The molecule has 25 heavy (non-hydrogen) atoms. The molecule has 3 rings (SSSR count). The fourth-order valence-electron chi connectivity index (χ4n) is 3.05. The van der Waals surface area contributed by atoms with Crippen LogP contribution in [-0.4, -0.2) is 56.9 Å². The maximum absolute atomic E-state index is 12.2. The molecular weight excluding hydrogens is 330 g/mol. The van der Waals surface area contributed by atoms with Crippen LogP contribution in [0.4, 0.5) is 21.0 Å². The second-order valence-electron chi connectivity index (χ2n) is 5.71. The van der Waals surface area contributed by atoms with Crippen LogP contribution < -0.4 is 20.3 Å². The molecule has 0 saturated carbocycles. The van der Waals surface area contributed by atoms with Crippen molar-refractivity contribution in [3.63, 3.8) is 0 Å². The number of methoxy groups -OCH3 is 1. The molecule has 1 saturated heterocycles. The van der Waals surface area contributed by atoms with Crippen LogP contribution in [0.5, 0.6) is 5.75 Å². The Morgan fingerprint density at radius 2 is 2.16 bits per heavy atom. The third kappa shape index (κ3) is 2.86. The standard InChI is InChI=1S/C16H19N3O6/c1-9(20)14-12(8-17)19(16(22)25-14)10-3-4-11-13(7-10)24-6-5-18(11)15(21)23-2/h3-4,7,12,14H,5-6,8,17H2,1-2H3/t12-,14-/m0/s1. The van der Waals surface area contributed by atoms with E-state index in [1.54, 1.807) is 18.2 Å². The second-order valence-corrected chi connectivity index (χ2v) is 5.71. The predicted molar refractivity (Wildman–Crippen MR) is 88.0 cm³/mol. The SMILES string of the molecule is COC(=O)N1CCOc2cc(N3C(=O)O[C@@H](C(C)=O)[C@@H]3CN)ccc21. The summed E-state index contributed by atoms with van der Waals surface area (Å²) in [4.78, 5) is 38.5. The van der Waals surface area contributed by atoms with E-state index in [1.165, 1.54) is 23.8 Å². The average molecular weight is 349 g/mol. The van der Waals surface area contributed by atoms with E-state index in [2.05, 4.69) is 0 Å². The second kappa shape index (κ2) is 6.60. The zero-order valence-electron chi connectivity index (χ0n) is 13.9. The fourth-order valence-corrected chi connectivity index (χ4v) is 3.05. The summed E-state index contributed by atoms with van der Waals surface area (Å²) >= 11 is 0. The molecule has 134 valence electrons. The molecule has 2 aliphatic rings. The number of cyclic esters (lactones) is 1. The number of nitrogens with two attached hydrogens (primary N) is 1. The van der Waals surface area contributed by atoms with Gasteiger partial charge in [0.05, 0.1) is 31.1 Å². The van der Waals surface area contributed by atoms with Crippen LogP contribution in [0, 0.1) is 0 Å². The van der Waals surface area contributed by atoms with Crippen LogP contribution in [0.15, 0.2) is 18.2 Å². The molecule has 1 aromatic carbocycles. The average Bonchev–Trinajstić information content (AvgIpc) is 2.96. The maximum atomic E-state index is 12.2. The van der Waals surface area contributed by atoms with Crippen molar-refractivity contribution in [3.05, 3.63) is 18.2 Å². The number of nitrogens with zero attached hydrogens (tertiary/aromatic N) is 2. The molecule has 2 aliphatic heterocycles. The molecule has 2 N–H and O–H groups in total. The van der Waals surface area contributed by atoms with E-state index >= 15 is 0 Å². The van der Waals surface area contributed by atoms with Gasteiger partial charge in [-0.1, -0.05) is 0 Å². The van der Waals surface area contributed by atoms with Crippen LogP contribution in [0.2, 0.25) is 0 Å². The predicted octanol–water partition coefficient (Wildman–Crippen LogP) is 0.893. The van der Waals surface area contributed by atoms with Gasteiger partial charge in [0.1, 0.15) is 12.4 Å². The largest absolute Gasteiger partial charge is 0.489 e. The number of fused-ring (bicyclic) bond motifs is 1. The molecule has 0 aliphatic carbocycles. The summed E-state index contributed by atoms with van der Waals surface area (Å²) < 4.78 is 15.5. The van der Waals surface area contributed by atoms with Crippen molar-refractivity contribution < 1.29 is 28.6 Å². The molecule has 0 unspecified atom stereocenters. The van der Waals surface area contributed by atoms with Crippen molar-refractivity contribution in [1.82, 2.24) is 0 Å². The minimum absolute atomic E-state index is 0.0716. The van der Waals surface area contributed by atoms with Crippen LogP contribution in [0.1, 0.15) is 6.92 Å². The lowest BCUT2D eigenvalue weighted by atomic mass is 10.1. The molecule has 0 radical (unpaired) electrons. The highest BCUT2D eigenvalue weighted by atomic mass is 16.6.